The van der Waals surface area contributed by atoms with Gasteiger partial charge < -0.3 is 10.2 Å². The second-order valence-corrected chi connectivity index (χ2v) is 7.84. The molecule has 0 aromatic carbocycles. The number of hydrogen-bond donors (Lipinski definition) is 3. The van der Waals surface area contributed by atoms with Crippen molar-refractivity contribution in [1.29, 1.82) is 0 Å². The van der Waals surface area contributed by atoms with Gasteiger partial charge in [-0.25, -0.2) is 9.86 Å². The van der Waals surface area contributed by atoms with Crippen LogP contribution in [0.4, 0.5) is 0 Å². The van der Waals surface area contributed by atoms with Crippen LogP contribution in [0.5, 0.6) is 0 Å². The molecule has 2 fully saturated rings. The van der Waals surface area contributed by atoms with E-state index in [-0.39, 0.29) is 17.2 Å². The minimum atomic E-state index is -3.66. The first kappa shape index (κ1) is 16.7. The summed E-state index contributed by atoms with van der Waals surface area (Å²) in [6, 6.07) is 0. The average molecular weight is 318 g/mol. The number of likely N-dealkylation sites (tertiary alicyclic amines) is 1. The second kappa shape index (κ2) is 6.60. The summed E-state index contributed by atoms with van der Waals surface area (Å²) in [5.74, 6) is 0.357. The normalized spacial score (nSPS) is 26.6. The van der Waals surface area contributed by atoms with Crippen molar-refractivity contribution in [2.75, 3.05) is 32.7 Å². The van der Waals surface area contributed by atoms with E-state index in [0.717, 1.165) is 45.3 Å². The number of rotatable bonds is 4. The van der Waals surface area contributed by atoms with Crippen LogP contribution >= 0.6 is 0 Å². The van der Waals surface area contributed by atoms with Crippen molar-refractivity contribution >= 4 is 16.1 Å². The van der Waals surface area contributed by atoms with Gasteiger partial charge in [0, 0.05) is 25.0 Å². The zero-order chi connectivity index (χ0) is 15.5. The monoisotopic (exact) mass is 318 g/mol. The van der Waals surface area contributed by atoms with Crippen LogP contribution in [0, 0.1) is 11.3 Å². The Kier molecular flexibility index (Phi) is 5.24. The van der Waals surface area contributed by atoms with Gasteiger partial charge in [-0.1, -0.05) is 6.92 Å². The highest BCUT2D eigenvalue weighted by Gasteiger charge is 2.39. The summed E-state index contributed by atoms with van der Waals surface area (Å²) in [4.78, 5) is 14.7. The Bertz CT molecular complexity index is 474. The number of piperidine rings is 2. The van der Waals surface area contributed by atoms with Crippen molar-refractivity contribution < 1.29 is 13.2 Å². The van der Waals surface area contributed by atoms with E-state index in [1.54, 1.807) is 0 Å². The highest BCUT2D eigenvalue weighted by Crippen LogP contribution is 2.32. The van der Waals surface area contributed by atoms with E-state index in [1.807, 2.05) is 11.8 Å². The van der Waals surface area contributed by atoms with Gasteiger partial charge in [0.15, 0.2) is 0 Å². The van der Waals surface area contributed by atoms with E-state index in [1.165, 1.54) is 0 Å². The summed E-state index contributed by atoms with van der Waals surface area (Å²) in [5.41, 5.74) is -0.277. The van der Waals surface area contributed by atoms with Crippen LogP contribution in [-0.2, 0) is 15.0 Å². The molecule has 2 heterocycles. The van der Waals surface area contributed by atoms with Crippen LogP contribution in [0.2, 0.25) is 0 Å². The fourth-order valence-corrected chi connectivity index (χ4v) is 3.69. The first-order valence-electron chi connectivity index (χ1n) is 7.58. The van der Waals surface area contributed by atoms with Crippen LogP contribution in [0.25, 0.3) is 0 Å². The van der Waals surface area contributed by atoms with Gasteiger partial charge in [-0.2, -0.15) is 8.42 Å². The van der Waals surface area contributed by atoms with Crippen molar-refractivity contribution in [3.63, 3.8) is 0 Å². The molecule has 2 aliphatic rings. The largest absolute Gasteiger partial charge is 0.342 e. The molecule has 1 atom stereocenters. The molecule has 0 aliphatic carbocycles. The molecule has 2 aliphatic heterocycles. The van der Waals surface area contributed by atoms with E-state index in [2.05, 4.69) is 10.0 Å². The van der Waals surface area contributed by atoms with E-state index < -0.39 is 10.2 Å². The maximum atomic E-state index is 12.8. The lowest BCUT2D eigenvalue weighted by molar-refractivity contribution is -0.144. The summed E-state index contributed by atoms with van der Waals surface area (Å²) >= 11 is 0. The van der Waals surface area contributed by atoms with Crippen molar-refractivity contribution in [2.24, 2.45) is 16.5 Å². The zero-order valence-electron chi connectivity index (χ0n) is 12.6. The molecule has 0 saturated carbocycles. The lowest BCUT2D eigenvalue weighted by Crippen LogP contribution is -2.51. The minimum Gasteiger partial charge on any atom is -0.342 e. The Morgan fingerprint density at radius 1 is 1.43 bits per heavy atom. The standard InChI is InChI=1S/C13H26N4O3S/c1-13(4-6-15-7-5-13)12(18)17-8-2-3-11(10-17)9-16-21(14,19)20/h11,15-16H,2-10H2,1H3,(H2,14,19,20). The molecule has 0 aromatic heterocycles. The summed E-state index contributed by atoms with van der Waals surface area (Å²) in [5, 5.41) is 8.24. The fraction of sp³-hybridized carbons (Fsp3) is 0.923. The van der Waals surface area contributed by atoms with Crippen molar-refractivity contribution in [3.8, 4) is 0 Å². The molecule has 7 nitrogen and oxygen atoms in total. The summed E-state index contributed by atoms with van der Waals surface area (Å²) in [6.45, 7) is 5.50. The third-order valence-electron chi connectivity index (χ3n) is 4.60. The first-order chi connectivity index (χ1) is 9.80. The molecule has 8 heteroatoms. The molecule has 21 heavy (non-hydrogen) atoms. The highest BCUT2D eigenvalue weighted by atomic mass is 32.2. The molecule has 122 valence electrons. The van der Waals surface area contributed by atoms with Crippen LogP contribution in [0.3, 0.4) is 0 Å². The fourth-order valence-electron chi connectivity index (χ4n) is 3.22. The quantitative estimate of drug-likeness (QED) is 0.644. The molecule has 0 radical (unpaired) electrons. The molecule has 2 saturated heterocycles. The molecular weight excluding hydrogens is 292 g/mol. The number of nitrogens with two attached hydrogens (primary N) is 1. The van der Waals surface area contributed by atoms with E-state index in [0.29, 0.717) is 13.1 Å². The van der Waals surface area contributed by atoms with Gasteiger partial charge in [0.25, 0.3) is 10.2 Å². The Hall–Kier alpha value is -0.700. The van der Waals surface area contributed by atoms with Crippen molar-refractivity contribution in [1.82, 2.24) is 14.9 Å². The van der Waals surface area contributed by atoms with Gasteiger partial charge in [0.1, 0.15) is 0 Å². The number of carbonyl (C=O) groups is 1. The number of nitrogens with zero attached hydrogens (tertiary/aromatic N) is 1. The van der Waals surface area contributed by atoms with Gasteiger partial charge in [-0.15, -0.1) is 0 Å². The SMILES string of the molecule is CC1(C(=O)N2CCCC(CNS(N)(=O)=O)C2)CCNCC1. The smallest absolute Gasteiger partial charge is 0.274 e. The molecule has 0 spiro atoms. The lowest BCUT2D eigenvalue weighted by atomic mass is 9.79. The van der Waals surface area contributed by atoms with Crippen LogP contribution in [0.15, 0.2) is 0 Å². The molecule has 2 rings (SSSR count). The predicted molar refractivity (Wildman–Crippen MR) is 80.6 cm³/mol. The maximum absolute atomic E-state index is 12.8. The Morgan fingerprint density at radius 2 is 2.10 bits per heavy atom. The molecule has 0 aromatic rings. The molecule has 0 bridgehead atoms. The molecule has 1 unspecified atom stereocenters. The topological polar surface area (TPSA) is 105 Å². The number of carbonyl (C=O) groups excluding carboxylic acids is 1. The van der Waals surface area contributed by atoms with Crippen LogP contribution < -0.4 is 15.2 Å². The maximum Gasteiger partial charge on any atom is 0.274 e. The predicted octanol–water partition coefficient (Wildman–Crippen LogP) is -0.592. The Labute approximate surface area is 126 Å². The van der Waals surface area contributed by atoms with Crippen LogP contribution in [-0.4, -0.2) is 51.9 Å². The minimum absolute atomic E-state index is 0.145. The second-order valence-electron chi connectivity index (χ2n) is 6.46. The van der Waals surface area contributed by atoms with Crippen molar-refractivity contribution in [3.05, 3.63) is 0 Å². The highest BCUT2D eigenvalue weighted by molar-refractivity contribution is 7.87. The summed E-state index contributed by atoms with van der Waals surface area (Å²) in [6.07, 6.45) is 3.56. The van der Waals surface area contributed by atoms with Gasteiger partial charge in [0.2, 0.25) is 5.91 Å². The Balaban J connectivity index is 1.92. The zero-order valence-corrected chi connectivity index (χ0v) is 13.4. The Morgan fingerprint density at radius 3 is 2.71 bits per heavy atom. The average Bonchev–Trinajstić information content (AvgIpc) is 2.45. The number of amides is 1. The van der Waals surface area contributed by atoms with E-state index in [4.69, 9.17) is 5.14 Å². The molecule has 1 amide bonds. The number of nitrogens with one attached hydrogen (secondary N) is 2. The molecular formula is C13H26N4O3S. The van der Waals surface area contributed by atoms with Gasteiger partial charge in [-0.05, 0) is 44.7 Å². The lowest BCUT2D eigenvalue weighted by Gasteiger charge is -2.40. The molecule has 4 N–H and O–H groups in total. The van der Waals surface area contributed by atoms with E-state index in [9.17, 15) is 13.2 Å². The van der Waals surface area contributed by atoms with Crippen LogP contribution in [0.1, 0.15) is 32.6 Å². The van der Waals surface area contributed by atoms with Gasteiger partial charge in [0.05, 0.1) is 0 Å². The van der Waals surface area contributed by atoms with Crippen molar-refractivity contribution in [2.45, 2.75) is 32.6 Å². The summed E-state index contributed by atoms with van der Waals surface area (Å²) in [7, 11) is -3.66. The third-order valence-corrected chi connectivity index (χ3v) is 5.17. The summed E-state index contributed by atoms with van der Waals surface area (Å²) < 4.78 is 24.3. The van der Waals surface area contributed by atoms with E-state index >= 15 is 0 Å². The number of hydrogen-bond acceptors (Lipinski definition) is 4. The first-order valence-corrected chi connectivity index (χ1v) is 9.12. The van der Waals surface area contributed by atoms with Gasteiger partial charge in [-0.3, -0.25) is 4.79 Å². The van der Waals surface area contributed by atoms with Gasteiger partial charge >= 0.3 is 0 Å². The third kappa shape index (κ3) is 4.64.